The predicted octanol–water partition coefficient (Wildman–Crippen LogP) is 3.90. The molecule has 0 spiro atoms. The molecule has 0 bridgehead atoms. The zero-order valence-electron chi connectivity index (χ0n) is 17.1. The molecule has 2 aliphatic heterocycles. The fourth-order valence-electron chi connectivity index (χ4n) is 3.98. The summed E-state index contributed by atoms with van der Waals surface area (Å²) in [5, 5.41) is 0. The number of furan rings is 1. The Morgan fingerprint density at radius 2 is 1.90 bits per heavy atom. The molecule has 7 heteroatoms. The number of benzene rings is 2. The Morgan fingerprint density at radius 1 is 1.10 bits per heavy atom. The van der Waals surface area contributed by atoms with Gasteiger partial charge in [-0.15, -0.1) is 0 Å². The molecular weight excluding hydrogens is 396 g/mol. The molecule has 3 aromatic rings. The van der Waals surface area contributed by atoms with Gasteiger partial charge in [0.2, 0.25) is 18.6 Å². The number of amides is 2. The monoisotopic (exact) mass is 418 g/mol. The summed E-state index contributed by atoms with van der Waals surface area (Å²) >= 11 is 0. The van der Waals surface area contributed by atoms with Crippen molar-refractivity contribution in [2.24, 2.45) is 5.92 Å². The van der Waals surface area contributed by atoms with Gasteiger partial charge in [0.1, 0.15) is 5.76 Å². The summed E-state index contributed by atoms with van der Waals surface area (Å²) in [6.07, 6.45) is 1.75. The first-order valence-electron chi connectivity index (χ1n) is 10.2. The van der Waals surface area contributed by atoms with Gasteiger partial charge < -0.3 is 23.7 Å². The minimum atomic E-state index is -0.450. The van der Waals surface area contributed by atoms with Gasteiger partial charge in [0.15, 0.2) is 11.5 Å². The summed E-state index contributed by atoms with van der Waals surface area (Å²) in [6, 6.07) is 16.8. The van der Waals surface area contributed by atoms with E-state index in [1.165, 1.54) is 0 Å². The Morgan fingerprint density at radius 3 is 2.68 bits per heavy atom. The predicted molar refractivity (Wildman–Crippen MR) is 114 cm³/mol. The summed E-state index contributed by atoms with van der Waals surface area (Å²) in [5.74, 6) is 1.32. The zero-order chi connectivity index (χ0) is 21.4. The molecule has 0 N–H and O–H groups in total. The van der Waals surface area contributed by atoms with Crippen LogP contribution in [-0.2, 0) is 16.1 Å². The Hall–Kier alpha value is -3.74. The van der Waals surface area contributed by atoms with Gasteiger partial charge in [0, 0.05) is 30.4 Å². The molecule has 1 unspecified atom stereocenters. The Kier molecular flexibility index (Phi) is 4.86. The van der Waals surface area contributed by atoms with Gasteiger partial charge in [-0.05, 0) is 43.3 Å². The summed E-state index contributed by atoms with van der Waals surface area (Å²) in [5.41, 5.74) is 2.60. The minimum absolute atomic E-state index is 0.0842. The highest BCUT2D eigenvalue weighted by molar-refractivity contribution is 6.04. The molecule has 1 saturated heterocycles. The van der Waals surface area contributed by atoms with E-state index >= 15 is 0 Å². The summed E-state index contributed by atoms with van der Waals surface area (Å²) in [4.78, 5) is 29.6. The van der Waals surface area contributed by atoms with Gasteiger partial charge in [-0.2, -0.15) is 0 Å². The lowest BCUT2D eigenvalue weighted by atomic mass is 10.1. The van der Waals surface area contributed by atoms with Crippen molar-refractivity contribution in [2.75, 3.05) is 23.1 Å². The molecule has 5 rings (SSSR count). The van der Waals surface area contributed by atoms with Crippen molar-refractivity contribution in [1.82, 2.24) is 0 Å². The second-order valence-corrected chi connectivity index (χ2v) is 7.78. The van der Waals surface area contributed by atoms with Crippen LogP contribution in [0.4, 0.5) is 11.4 Å². The average Bonchev–Trinajstić information content (AvgIpc) is 3.52. The van der Waals surface area contributed by atoms with E-state index in [0.29, 0.717) is 36.0 Å². The highest BCUT2D eigenvalue weighted by Gasteiger charge is 2.38. The van der Waals surface area contributed by atoms with Gasteiger partial charge in [0.25, 0.3) is 0 Å². The van der Waals surface area contributed by atoms with Gasteiger partial charge in [-0.3, -0.25) is 9.59 Å². The maximum absolute atomic E-state index is 13.5. The van der Waals surface area contributed by atoms with Gasteiger partial charge in [-0.1, -0.05) is 17.7 Å². The quantitative estimate of drug-likeness (QED) is 0.628. The molecule has 0 aliphatic carbocycles. The van der Waals surface area contributed by atoms with Gasteiger partial charge in [-0.25, -0.2) is 0 Å². The molecule has 0 radical (unpaired) electrons. The first-order chi connectivity index (χ1) is 15.1. The highest BCUT2D eigenvalue weighted by atomic mass is 16.7. The van der Waals surface area contributed by atoms with E-state index in [2.05, 4.69) is 0 Å². The summed E-state index contributed by atoms with van der Waals surface area (Å²) < 4.78 is 16.3. The van der Waals surface area contributed by atoms with Gasteiger partial charge in [0.05, 0.1) is 18.7 Å². The number of ether oxygens (including phenoxy) is 2. The van der Waals surface area contributed by atoms with Crippen LogP contribution in [0.2, 0.25) is 0 Å². The van der Waals surface area contributed by atoms with Crippen LogP contribution >= 0.6 is 0 Å². The summed E-state index contributed by atoms with van der Waals surface area (Å²) in [6.45, 7) is 2.80. The zero-order valence-corrected chi connectivity index (χ0v) is 17.1. The van der Waals surface area contributed by atoms with Crippen LogP contribution < -0.4 is 19.3 Å². The van der Waals surface area contributed by atoms with Crippen molar-refractivity contribution >= 4 is 23.2 Å². The van der Waals surface area contributed by atoms with Gasteiger partial charge >= 0.3 is 0 Å². The van der Waals surface area contributed by atoms with E-state index < -0.39 is 5.92 Å². The number of hydrogen-bond donors (Lipinski definition) is 0. The molecule has 1 fully saturated rings. The molecular formula is C24H22N2O5. The molecule has 1 aromatic heterocycles. The molecule has 0 saturated carbocycles. The van der Waals surface area contributed by atoms with Crippen molar-refractivity contribution in [3.8, 4) is 11.5 Å². The smallest absolute Gasteiger partial charge is 0.232 e. The third-order valence-corrected chi connectivity index (χ3v) is 5.65. The Balaban J connectivity index is 1.39. The maximum atomic E-state index is 13.5. The van der Waals surface area contributed by atoms with Crippen LogP contribution in [0.15, 0.2) is 65.3 Å². The van der Waals surface area contributed by atoms with E-state index in [0.717, 1.165) is 11.3 Å². The summed E-state index contributed by atoms with van der Waals surface area (Å²) in [7, 11) is 0. The normalized spacial score (nSPS) is 17.3. The number of carbonyl (C=O) groups is 2. The number of rotatable bonds is 5. The molecule has 1 atom stereocenters. The lowest BCUT2D eigenvalue weighted by molar-refractivity contribution is -0.124. The van der Waals surface area contributed by atoms with Crippen molar-refractivity contribution in [3.05, 3.63) is 72.2 Å². The number of hydrogen-bond acceptors (Lipinski definition) is 5. The Labute approximate surface area is 179 Å². The van der Waals surface area contributed by atoms with Crippen LogP contribution in [-0.4, -0.2) is 25.2 Å². The maximum Gasteiger partial charge on any atom is 0.232 e. The number of nitrogens with zero attached hydrogens (tertiary/aromatic N) is 2. The highest BCUT2D eigenvalue weighted by Crippen LogP contribution is 2.37. The topological polar surface area (TPSA) is 72.2 Å². The van der Waals surface area contributed by atoms with E-state index in [-0.39, 0.29) is 25.0 Å². The number of aryl methyl sites for hydroxylation is 1. The fraction of sp³-hybridized carbons (Fsp3) is 0.250. The minimum Gasteiger partial charge on any atom is -0.467 e. The van der Waals surface area contributed by atoms with Crippen LogP contribution in [0.3, 0.4) is 0 Å². The SMILES string of the molecule is Cc1ccc(N(Cc2ccco2)C(=O)C2CC(=O)N(c3ccc4c(c3)OCO4)C2)cc1. The molecule has 2 aliphatic rings. The number of carbonyl (C=O) groups excluding carboxylic acids is 2. The Bertz CT molecular complexity index is 1110. The van der Waals surface area contributed by atoms with Crippen molar-refractivity contribution in [3.63, 3.8) is 0 Å². The molecule has 2 aromatic carbocycles. The van der Waals surface area contributed by atoms with E-state index in [9.17, 15) is 9.59 Å². The van der Waals surface area contributed by atoms with Crippen LogP contribution in [0.5, 0.6) is 11.5 Å². The van der Waals surface area contributed by atoms with Crippen molar-refractivity contribution in [1.29, 1.82) is 0 Å². The van der Waals surface area contributed by atoms with E-state index in [1.54, 1.807) is 34.3 Å². The van der Waals surface area contributed by atoms with Crippen LogP contribution in [0, 0.1) is 12.8 Å². The molecule has 7 nitrogen and oxygen atoms in total. The fourth-order valence-corrected chi connectivity index (χ4v) is 3.98. The van der Waals surface area contributed by atoms with Crippen molar-refractivity contribution in [2.45, 2.75) is 19.9 Å². The third-order valence-electron chi connectivity index (χ3n) is 5.65. The standard InChI is InChI=1S/C24H22N2O5/c1-16-4-6-18(7-5-16)26(14-20-3-2-10-29-20)24(28)17-11-23(27)25(13-17)19-8-9-21-22(12-19)31-15-30-21/h2-10,12,17H,11,13-15H2,1H3. The molecule has 158 valence electrons. The average molecular weight is 418 g/mol. The molecule has 31 heavy (non-hydrogen) atoms. The lowest BCUT2D eigenvalue weighted by Crippen LogP contribution is -2.37. The largest absolute Gasteiger partial charge is 0.467 e. The third kappa shape index (κ3) is 3.74. The lowest BCUT2D eigenvalue weighted by Gasteiger charge is -2.25. The second-order valence-electron chi connectivity index (χ2n) is 7.78. The van der Waals surface area contributed by atoms with Crippen molar-refractivity contribution < 1.29 is 23.5 Å². The number of fused-ring (bicyclic) bond motifs is 1. The molecule has 2 amide bonds. The second kappa shape index (κ2) is 7.83. The van der Waals surface area contributed by atoms with E-state index in [4.69, 9.17) is 13.9 Å². The first-order valence-corrected chi connectivity index (χ1v) is 10.2. The van der Waals surface area contributed by atoms with E-state index in [1.807, 2.05) is 43.3 Å². The first kappa shape index (κ1) is 19.2. The molecule has 3 heterocycles. The van der Waals surface area contributed by atoms with Crippen LogP contribution in [0.1, 0.15) is 17.7 Å². The number of anilines is 2. The van der Waals surface area contributed by atoms with Crippen LogP contribution in [0.25, 0.3) is 0 Å².